The number of carbonyl (C=O) groups is 2. The molecule has 0 heterocycles. The maximum atomic E-state index is 11.6. The normalized spacial score (nSPS) is 10.7. The van der Waals surface area contributed by atoms with E-state index in [0.717, 1.165) is 18.4 Å². The molecular weight excluding hydrogens is 401 g/mol. The van der Waals surface area contributed by atoms with Crippen molar-refractivity contribution in [2.24, 2.45) is 5.10 Å². The van der Waals surface area contributed by atoms with Crippen molar-refractivity contribution in [3.8, 4) is 5.75 Å². The lowest BCUT2D eigenvalue weighted by atomic mass is 10.2. The van der Waals surface area contributed by atoms with Gasteiger partial charge in [-0.25, -0.2) is 5.43 Å². The van der Waals surface area contributed by atoms with Crippen LogP contribution in [-0.2, 0) is 16.2 Å². The molecule has 0 spiro atoms. The van der Waals surface area contributed by atoms with Crippen LogP contribution in [0.4, 0.5) is 0 Å². The molecule has 0 aliphatic rings. The molecular formula is C20H21Cl2N3O3. The van der Waals surface area contributed by atoms with Gasteiger partial charge >= 0.3 is 11.8 Å². The van der Waals surface area contributed by atoms with Gasteiger partial charge in [0.1, 0.15) is 12.4 Å². The number of hydrogen-bond acceptors (Lipinski definition) is 4. The van der Waals surface area contributed by atoms with E-state index in [1.54, 1.807) is 24.3 Å². The molecule has 0 aliphatic carbocycles. The van der Waals surface area contributed by atoms with E-state index in [1.165, 1.54) is 6.21 Å². The average Bonchev–Trinajstić information content (AvgIpc) is 2.68. The molecule has 2 amide bonds. The van der Waals surface area contributed by atoms with Crippen molar-refractivity contribution in [1.82, 2.24) is 10.7 Å². The first-order chi connectivity index (χ1) is 13.5. The van der Waals surface area contributed by atoms with Gasteiger partial charge in [-0.1, -0.05) is 54.7 Å². The number of amides is 2. The van der Waals surface area contributed by atoms with Crippen LogP contribution in [0.1, 0.15) is 30.9 Å². The predicted octanol–water partition coefficient (Wildman–Crippen LogP) is 3.94. The van der Waals surface area contributed by atoms with Gasteiger partial charge in [-0.05, 0) is 36.2 Å². The first kappa shape index (κ1) is 21.7. The summed E-state index contributed by atoms with van der Waals surface area (Å²) in [6.45, 7) is 2.74. The number of nitrogens with one attached hydrogen (secondary N) is 2. The molecule has 0 radical (unpaired) electrons. The van der Waals surface area contributed by atoms with E-state index in [4.69, 9.17) is 27.9 Å². The van der Waals surface area contributed by atoms with Gasteiger partial charge in [-0.3, -0.25) is 9.59 Å². The van der Waals surface area contributed by atoms with Crippen LogP contribution in [0.3, 0.4) is 0 Å². The number of benzene rings is 2. The molecule has 0 unspecified atom stereocenters. The number of ether oxygens (including phenoxy) is 1. The summed E-state index contributed by atoms with van der Waals surface area (Å²) in [5, 5.41) is 7.28. The summed E-state index contributed by atoms with van der Waals surface area (Å²) in [4.78, 5) is 23.1. The molecule has 28 heavy (non-hydrogen) atoms. The van der Waals surface area contributed by atoms with Crippen LogP contribution in [0, 0.1) is 0 Å². The van der Waals surface area contributed by atoms with E-state index in [9.17, 15) is 9.59 Å². The summed E-state index contributed by atoms with van der Waals surface area (Å²) in [5.41, 5.74) is 3.67. The van der Waals surface area contributed by atoms with Crippen LogP contribution in [0.5, 0.6) is 5.75 Å². The molecule has 6 nitrogen and oxygen atoms in total. The second kappa shape index (κ2) is 11.3. The van der Waals surface area contributed by atoms with Crippen molar-refractivity contribution < 1.29 is 14.3 Å². The van der Waals surface area contributed by atoms with E-state index in [0.29, 0.717) is 27.9 Å². The first-order valence-corrected chi connectivity index (χ1v) is 9.54. The Morgan fingerprint density at radius 1 is 1.11 bits per heavy atom. The number of hydrazone groups is 1. The molecule has 2 N–H and O–H groups in total. The highest BCUT2D eigenvalue weighted by Gasteiger charge is 2.11. The van der Waals surface area contributed by atoms with Crippen molar-refractivity contribution in [3.05, 3.63) is 63.6 Å². The Hall–Kier alpha value is -2.57. The average molecular weight is 422 g/mol. The standard InChI is InChI=1S/C20H21Cl2N3O3/c1-2-3-10-23-19(26)20(27)25-24-12-14-8-9-18(17(22)11-14)28-13-15-6-4-5-7-16(15)21/h4-9,11-12H,2-3,10,13H2,1H3,(H,23,26)(H,25,27)/b24-12-. The summed E-state index contributed by atoms with van der Waals surface area (Å²) in [5.74, 6) is -1.04. The van der Waals surface area contributed by atoms with Gasteiger partial charge in [-0.2, -0.15) is 5.10 Å². The van der Waals surface area contributed by atoms with Gasteiger partial charge in [0.05, 0.1) is 11.2 Å². The van der Waals surface area contributed by atoms with E-state index in [1.807, 2.05) is 25.1 Å². The van der Waals surface area contributed by atoms with Crippen LogP contribution in [-0.4, -0.2) is 24.6 Å². The van der Waals surface area contributed by atoms with E-state index in [-0.39, 0.29) is 6.61 Å². The molecule has 8 heteroatoms. The minimum atomic E-state index is -0.821. The molecule has 0 aromatic heterocycles. The number of rotatable bonds is 8. The largest absolute Gasteiger partial charge is 0.487 e. The third-order valence-electron chi connectivity index (χ3n) is 3.70. The summed E-state index contributed by atoms with van der Waals surface area (Å²) in [6.07, 6.45) is 3.13. The molecule has 2 aromatic carbocycles. The van der Waals surface area contributed by atoms with Gasteiger partial charge in [0, 0.05) is 17.1 Å². The fourth-order valence-corrected chi connectivity index (χ4v) is 2.59. The molecule has 2 rings (SSSR count). The Balaban J connectivity index is 1.87. The van der Waals surface area contributed by atoms with Gasteiger partial charge < -0.3 is 10.1 Å². The smallest absolute Gasteiger partial charge is 0.329 e. The van der Waals surface area contributed by atoms with Crippen LogP contribution < -0.4 is 15.5 Å². The minimum Gasteiger partial charge on any atom is -0.487 e. The number of carbonyl (C=O) groups excluding carboxylic acids is 2. The maximum absolute atomic E-state index is 11.6. The molecule has 2 aromatic rings. The zero-order valence-electron chi connectivity index (χ0n) is 15.4. The van der Waals surface area contributed by atoms with Crippen LogP contribution >= 0.6 is 23.2 Å². The number of halogens is 2. The van der Waals surface area contributed by atoms with Crippen LogP contribution in [0.2, 0.25) is 10.0 Å². The summed E-state index contributed by atoms with van der Waals surface area (Å²) in [7, 11) is 0. The Kier molecular flexibility index (Phi) is 8.78. The zero-order chi connectivity index (χ0) is 20.4. The Labute approximate surface area is 173 Å². The van der Waals surface area contributed by atoms with Gasteiger partial charge in [-0.15, -0.1) is 0 Å². The monoisotopic (exact) mass is 421 g/mol. The van der Waals surface area contributed by atoms with Crippen molar-refractivity contribution in [2.45, 2.75) is 26.4 Å². The third-order valence-corrected chi connectivity index (χ3v) is 4.36. The SMILES string of the molecule is CCCCNC(=O)C(=O)N/N=C\c1ccc(OCc2ccccc2Cl)c(Cl)c1. The number of nitrogens with zero attached hydrogens (tertiary/aromatic N) is 1. The van der Waals surface area contributed by atoms with E-state index >= 15 is 0 Å². The highest BCUT2D eigenvalue weighted by molar-refractivity contribution is 6.35. The minimum absolute atomic E-state index is 0.288. The molecule has 0 aliphatic heterocycles. The molecule has 0 atom stereocenters. The summed E-state index contributed by atoms with van der Waals surface area (Å²) < 4.78 is 5.70. The number of hydrogen-bond donors (Lipinski definition) is 2. The van der Waals surface area contributed by atoms with Crippen molar-refractivity contribution >= 4 is 41.2 Å². The lowest BCUT2D eigenvalue weighted by Crippen LogP contribution is -2.38. The first-order valence-electron chi connectivity index (χ1n) is 8.78. The predicted molar refractivity (Wildman–Crippen MR) is 111 cm³/mol. The van der Waals surface area contributed by atoms with Gasteiger partial charge in [0.15, 0.2) is 0 Å². The topological polar surface area (TPSA) is 79.8 Å². The summed E-state index contributed by atoms with van der Waals surface area (Å²) in [6, 6.07) is 12.5. The Bertz CT molecular complexity index is 856. The molecule has 0 saturated heterocycles. The van der Waals surface area contributed by atoms with Crippen LogP contribution in [0.25, 0.3) is 0 Å². The fraction of sp³-hybridized carbons (Fsp3) is 0.250. The third kappa shape index (κ3) is 6.87. The summed E-state index contributed by atoms with van der Waals surface area (Å²) >= 11 is 12.3. The Morgan fingerprint density at radius 3 is 2.61 bits per heavy atom. The molecule has 0 fully saturated rings. The van der Waals surface area contributed by atoms with Crippen molar-refractivity contribution in [3.63, 3.8) is 0 Å². The highest BCUT2D eigenvalue weighted by Crippen LogP contribution is 2.26. The van der Waals surface area contributed by atoms with E-state index in [2.05, 4.69) is 15.8 Å². The second-order valence-corrected chi connectivity index (χ2v) is 6.69. The van der Waals surface area contributed by atoms with Crippen molar-refractivity contribution in [1.29, 1.82) is 0 Å². The molecule has 0 saturated carbocycles. The number of unbranched alkanes of at least 4 members (excludes halogenated alkanes) is 1. The Morgan fingerprint density at radius 2 is 1.89 bits per heavy atom. The lowest BCUT2D eigenvalue weighted by Gasteiger charge is -2.09. The molecule has 148 valence electrons. The van der Waals surface area contributed by atoms with E-state index < -0.39 is 11.8 Å². The van der Waals surface area contributed by atoms with Crippen LogP contribution in [0.15, 0.2) is 47.6 Å². The second-order valence-electron chi connectivity index (χ2n) is 5.88. The van der Waals surface area contributed by atoms with Crippen molar-refractivity contribution in [2.75, 3.05) is 6.54 Å². The zero-order valence-corrected chi connectivity index (χ0v) is 16.9. The lowest BCUT2D eigenvalue weighted by molar-refractivity contribution is -0.139. The quantitative estimate of drug-likeness (QED) is 0.293. The fourth-order valence-electron chi connectivity index (χ4n) is 2.16. The van der Waals surface area contributed by atoms with Gasteiger partial charge in [0.2, 0.25) is 0 Å². The molecule has 0 bridgehead atoms. The highest BCUT2D eigenvalue weighted by atomic mass is 35.5. The maximum Gasteiger partial charge on any atom is 0.329 e. The van der Waals surface area contributed by atoms with Gasteiger partial charge in [0.25, 0.3) is 0 Å².